The Balaban J connectivity index is 2.91. The molecule has 0 bridgehead atoms. The van der Waals surface area contributed by atoms with Crippen LogP contribution >= 0.6 is 0 Å². The van der Waals surface area contributed by atoms with Crippen LogP contribution in [-0.4, -0.2) is 27.6 Å². The van der Waals surface area contributed by atoms with Crippen molar-refractivity contribution in [3.8, 4) is 0 Å². The van der Waals surface area contributed by atoms with E-state index >= 15 is 0 Å². The van der Waals surface area contributed by atoms with Gasteiger partial charge in [0.15, 0.2) is 9.84 Å². The van der Waals surface area contributed by atoms with Crippen molar-refractivity contribution in [1.82, 2.24) is 0 Å². The molecule has 0 unspecified atom stereocenters. The van der Waals surface area contributed by atoms with E-state index in [2.05, 4.69) is 0 Å². The van der Waals surface area contributed by atoms with Gasteiger partial charge in [0.1, 0.15) is 0 Å². The van der Waals surface area contributed by atoms with Crippen LogP contribution in [0.15, 0.2) is 46.2 Å². The zero-order chi connectivity index (χ0) is 13.6. The van der Waals surface area contributed by atoms with E-state index in [9.17, 15) is 16.8 Å². The third-order valence-electron chi connectivity index (χ3n) is 2.51. The van der Waals surface area contributed by atoms with Crippen LogP contribution in [0.3, 0.4) is 0 Å². The average molecular weight is 286 g/mol. The molecule has 0 aliphatic carbocycles. The first-order chi connectivity index (χ1) is 8.19. The predicted octanol–water partition coefficient (Wildman–Crippen LogP) is 1.49. The van der Waals surface area contributed by atoms with E-state index in [0.717, 1.165) is 12.3 Å². The summed E-state index contributed by atoms with van der Waals surface area (Å²) >= 11 is 0. The van der Waals surface area contributed by atoms with E-state index in [0.29, 0.717) is 5.39 Å². The van der Waals surface area contributed by atoms with Crippen molar-refractivity contribution in [2.45, 2.75) is 9.79 Å². The molecule has 18 heavy (non-hydrogen) atoms. The first-order valence-electron chi connectivity index (χ1n) is 4.90. The van der Waals surface area contributed by atoms with Gasteiger partial charge in [0, 0.05) is 11.6 Å². The van der Waals surface area contributed by atoms with Crippen LogP contribution in [0.5, 0.6) is 0 Å². The van der Waals surface area contributed by atoms with Crippen LogP contribution < -0.4 is 0 Å². The van der Waals surface area contributed by atoms with E-state index in [-0.39, 0.29) is 15.2 Å². The minimum Gasteiger partial charge on any atom is -0.282 e. The molecule has 0 heterocycles. The summed E-state index contributed by atoms with van der Waals surface area (Å²) in [6, 6.07) is 8.47. The normalized spacial score (nSPS) is 12.8. The summed E-state index contributed by atoms with van der Waals surface area (Å²) in [5.41, 5.74) is 0. The second-order valence-corrected chi connectivity index (χ2v) is 7.29. The Labute approximate surface area is 105 Å². The SMILES string of the molecule is CS(=O)(=O)c1cccc2ccc(S(=O)(=O)O)cc12. The molecular weight excluding hydrogens is 276 g/mol. The number of fused-ring (bicyclic) bond motifs is 1. The van der Waals surface area contributed by atoms with Crippen LogP contribution in [-0.2, 0) is 20.0 Å². The molecule has 0 atom stereocenters. The molecule has 5 nitrogen and oxygen atoms in total. The molecule has 0 amide bonds. The molecule has 0 fully saturated rings. The first-order valence-corrected chi connectivity index (χ1v) is 8.23. The van der Waals surface area contributed by atoms with Gasteiger partial charge in [-0.15, -0.1) is 0 Å². The molecule has 0 aliphatic rings. The first kappa shape index (κ1) is 13.0. The highest BCUT2D eigenvalue weighted by atomic mass is 32.2. The maximum atomic E-state index is 11.6. The van der Waals surface area contributed by atoms with E-state index in [1.54, 1.807) is 12.1 Å². The summed E-state index contributed by atoms with van der Waals surface area (Å²) in [5.74, 6) is 0. The lowest BCUT2D eigenvalue weighted by molar-refractivity contribution is 0.483. The number of hydrogen-bond donors (Lipinski definition) is 1. The van der Waals surface area contributed by atoms with Crippen LogP contribution in [0.4, 0.5) is 0 Å². The molecule has 0 saturated carbocycles. The van der Waals surface area contributed by atoms with Crippen LogP contribution in [0, 0.1) is 0 Å². The highest BCUT2D eigenvalue weighted by Crippen LogP contribution is 2.25. The molecule has 1 N–H and O–H groups in total. The summed E-state index contributed by atoms with van der Waals surface area (Å²) < 4.78 is 54.2. The molecule has 0 spiro atoms. The molecule has 0 aliphatic heterocycles. The highest BCUT2D eigenvalue weighted by Gasteiger charge is 2.15. The van der Waals surface area contributed by atoms with Crippen molar-refractivity contribution in [2.75, 3.05) is 6.26 Å². The highest BCUT2D eigenvalue weighted by molar-refractivity contribution is 7.91. The van der Waals surface area contributed by atoms with Gasteiger partial charge < -0.3 is 0 Å². The Morgan fingerprint density at radius 2 is 1.67 bits per heavy atom. The summed E-state index contributed by atoms with van der Waals surface area (Å²) in [4.78, 5) is -0.295. The topological polar surface area (TPSA) is 88.5 Å². The lowest BCUT2D eigenvalue weighted by Gasteiger charge is -2.06. The minimum absolute atomic E-state index is 0.0329. The van der Waals surface area contributed by atoms with Gasteiger partial charge >= 0.3 is 0 Å². The van der Waals surface area contributed by atoms with E-state index in [1.165, 1.54) is 18.2 Å². The summed E-state index contributed by atoms with van der Waals surface area (Å²) in [5, 5.41) is 0.862. The summed E-state index contributed by atoms with van der Waals surface area (Å²) in [6.07, 6.45) is 1.04. The number of sulfone groups is 1. The molecule has 96 valence electrons. The second kappa shape index (κ2) is 4.04. The molecular formula is C11H10O5S2. The van der Waals surface area contributed by atoms with Crippen molar-refractivity contribution in [3.63, 3.8) is 0 Å². The molecule has 7 heteroatoms. The zero-order valence-electron chi connectivity index (χ0n) is 9.36. The van der Waals surface area contributed by atoms with Crippen LogP contribution in [0.25, 0.3) is 10.8 Å². The largest absolute Gasteiger partial charge is 0.294 e. The zero-order valence-corrected chi connectivity index (χ0v) is 11.0. The predicted molar refractivity (Wildman–Crippen MR) is 66.9 cm³/mol. The Morgan fingerprint density at radius 3 is 2.22 bits per heavy atom. The molecule has 0 saturated heterocycles. The van der Waals surface area contributed by atoms with Crippen molar-refractivity contribution >= 4 is 30.7 Å². The fraction of sp³-hybridized carbons (Fsp3) is 0.0909. The maximum Gasteiger partial charge on any atom is 0.294 e. The van der Waals surface area contributed by atoms with Gasteiger partial charge in [-0.05, 0) is 23.6 Å². The van der Waals surface area contributed by atoms with E-state index in [4.69, 9.17) is 4.55 Å². The van der Waals surface area contributed by atoms with Gasteiger partial charge in [-0.25, -0.2) is 8.42 Å². The van der Waals surface area contributed by atoms with Gasteiger partial charge in [-0.2, -0.15) is 8.42 Å². The van der Waals surface area contributed by atoms with Gasteiger partial charge in [0.25, 0.3) is 10.1 Å². The van der Waals surface area contributed by atoms with Crippen molar-refractivity contribution in [2.24, 2.45) is 0 Å². The smallest absolute Gasteiger partial charge is 0.282 e. The minimum atomic E-state index is -4.35. The van der Waals surface area contributed by atoms with Crippen molar-refractivity contribution < 1.29 is 21.4 Å². The Kier molecular flexibility index (Phi) is 2.92. The molecule has 0 aromatic heterocycles. The molecule has 2 aromatic carbocycles. The lowest BCUT2D eigenvalue weighted by Crippen LogP contribution is -2.01. The molecule has 0 radical (unpaired) electrons. The van der Waals surface area contributed by atoms with Crippen LogP contribution in [0.2, 0.25) is 0 Å². The lowest BCUT2D eigenvalue weighted by atomic mass is 10.1. The number of rotatable bonds is 2. The monoisotopic (exact) mass is 286 g/mol. The van der Waals surface area contributed by atoms with Gasteiger partial charge in [0.05, 0.1) is 9.79 Å². The van der Waals surface area contributed by atoms with Gasteiger partial charge in [-0.3, -0.25) is 4.55 Å². The van der Waals surface area contributed by atoms with Crippen molar-refractivity contribution in [1.29, 1.82) is 0 Å². The number of benzene rings is 2. The molecule has 2 rings (SSSR count). The Hall–Kier alpha value is -1.44. The third-order valence-corrected chi connectivity index (χ3v) is 4.52. The van der Waals surface area contributed by atoms with E-state index in [1.807, 2.05) is 0 Å². The fourth-order valence-electron chi connectivity index (χ4n) is 1.71. The van der Waals surface area contributed by atoms with E-state index < -0.39 is 20.0 Å². The number of hydrogen-bond acceptors (Lipinski definition) is 4. The summed E-state index contributed by atoms with van der Waals surface area (Å²) in [7, 11) is -7.82. The Bertz CT molecular complexity index is 820. The Morgan fingerprint density at radius 1 is 1.00 bits per heavy atom. The summed E-state index contributed by atoms with van der Waals surface area (Å²) in [6.45, 7) is 0. The average Bonchev–Trinajstić information content (AvgIpc) is 2.25. The quantitative estimate of drug-likeness (QED) is 0.845. The van der Waals surface area contributed by atoms with Gasteiger partial charge in [0.2, 0.25) is 0 Å². The van der Waals surface area contributed by atoms with Crippen LogP contribution in [0.1, 0.15) is 0 Å². The maximum absolute atomic E-state index is 11.6. The van der Waals surface area contributed by atoms with Crippen molar-refractivity contribution in [3.05, 3.63) is 36.4 Å². The molecule has 2 aromatic rings. The fourth-order valence-corrected chi connectivity index (χ4v) is 3.12. The van der Waals surface area contributed by atoms with Gasteiger partial charge in [-0.1, -0.05) is 18.2 Å². The third kappa shape index (κ3) is 2.38. The second-order valence-electron chi connectivity index (χ2n) is 3.89. The standard InChI is InChI=1S/C11H10O5S2/c1-17(12,13)11-4-2-3-8-5-6-9(7-10(8)11)18(14,15)16/h2-7H,1H3,(H,14,15,16).